The van der Waals surface area contributed by atoms with Gasteiger partial charge < -0.3 is 5.73 Å². The topological polar surface area (TPSA) is 26.0 Å². The third-order valence-electron chi connectivity index (χ3n) is 0.116. The first-order valence-electron chi connectivity index (χ1n) is 1.02. The maximum absolute atomic E-state index is 4.86. The second-order valence-electron chi connectivity index (χ2n) is 0.520. The zero-order valence-corrected chi connectivity index (χ0v) is 4.10. The Kier molecular flexibility index (Phi) is 2.22. The zero-order valence-electron chi connectivity index (χ0n) is 2.47. The normalized spacial score (nSPS) is 6.40. The maximum Gasteiger partial charge on any atom is 0.107 e. The number of nitrogens with two attached hydrogens (primary N) is 1. The largest absolute Gasteiger partial charge is 0.389 e. The van der Waals surface area contributed by atoms with Gasteiger partial charge in [-0.15, -0.1) is 0 Å². The van der Waals surface area contributed by atoms with Gasteiger partial charge in [-0.25, -0.2) is 0 Å². The summed E-state index contributed by atoms with van der Waals surface area (Å²) in [4.78, 5) is 0.278. The van der Waals surface area contributed by atoms with Gasteiger partial charge in [-0.05, 0) is 0 Å². The van der Waals surface area contributed by atoms with E-state index in [0.717, 1.165) is 0 Å². The van der Waals surface area contributed by atoms with E-state index in [0.29, 0.717) is 0 Å². The fourth-order valence-electron chi connectivity index (χ4n) is 0. The first-order valence-corrected chi connectivity index (χ1v) is 1.90. The van der Waals surface area contributed by atoms with Crippen molar-refractivity contribution in [1.82, 2.24) is 0 Å². The molecule has 0 saturated heterocycles. The predicted octanol–water partition coefficient (Wildman–Crippen LogP) is 0.272. The summed E-state index contributed by atoms with van der Waals surface area (Å²) in [7, 11) is 0. The van der Waals surface area contributed by atoms with Crippen LogP contribution in [0.25, 0.3) is 0 Å². The minimum absolute atomic E-state index is 0.278. The highest BCUT2D eigenvalue weighted by Crippen LogP contribution is 1.52. The fraction of sp³-hybridized carbons (Fsp3) is 0. The van der Waals surface area contributed by atoms with Crippen molar-refractivity contribution in [1.29, 1.82) is 0 Å². The van der Waals surface area contributed by atoms with Crippen molar-refractivity contribution in [3.63, 3.8) is 0 Å². The van der Waals surface area contributed by atoms with E-state index in [-0.39, 0.29) is 4.99 Å². The Balaban J connectivity index is 3.20. The molecule has 28 valence electrons. The lowest BCUT2D eigenvalue weighted by Gasteiger charge is -1.68. The van der Waals surface area contributed by atoms with Gasteiger partial charge in [0.2, 0.25) is 0 Å². The molecule has 3 heteroatoms. The standard InChI is InChI=1S/C2H3NS2/c3-2(5)1-4/h1H,(H2,3,5). The quantitative estimate of drug-likeness (QED) is 0.485. The zero-order chi connectivity index (χ0) is 4.28. The van der Waals surface area contributed by atoms with E-state index in [1.807, 2.05) is 0 Å². The van der Waals surface area contributed by atoms with Crippen molar-refractivity contribution in [2.24, 2.45) is 5.73 Å². The van der Waals surface area contributed by atoms with Gasteiger partial charge in [0.15, 0.2) is 0 Å². The van der Waals surface area contributed by atoms with Crippen LogP contribution in [-0.4, -0.2) is 10.4 Å². The minimum Gasteiger partial charge on any atom is -0.389 e. The van der Waals surface area contributed by atoms with Crippen LogP contribution in [0.3, 0.4) is 0 Å². The molecular weight excluding hydrogens is 102 g/mol. The van der Waals surface area contributed by atoms with Gasteiger partial charge in [0.25, 0.3) is 0 Å². The summed E-state index contributed by atoms with van der Waals surface area (Å²) < 4.78 is 0. The van der Waals surface area contributed by atoms with Gasteiger partial charge >= 0.3 is 0 Å². The Bertz CT molecular complexity index is 58.7. The monoisotopic (exact) mass is 105 g/mol. The average molecular weight is 105 g/mol. The predicted molar refractivity (Wildman–Crippen MR) is 30.4 cm³/mol. The molecule has 0 bridgehead atoms. The summed E-state index contributed by atoms with van der Waals surface area (Å²) in [5.74, 6) is 0. The molecule has 0 aliphatic heterocycles. The van der Waals surface area contributed by atoms with Crippen LogP contribution in [0.15, 0.2) is 0 Å². The molecule has 0 heterocycles. The molecule has 0 aromatic carbocycles. The number of hydrogen-bond donors (Lipinski definition) is 1. The summed E-state index contributed by atoms with van der Waals surface area (Å²) in [5, 5.41) is 1.26. The third-order valence-corrected chi connectivity index (χ3v) is 0.637. The minimum atomic E-state index is 0.278. The van der Waals surface area contributed by atoms with Crippen LogP contribution >= 0.6 is 24.4 Å². The second-order valence-corrected chi connectivity index (χ2v) is 1.23. The van der Waals surface area contributed by atoms with E-state index >= 15 is 0 Å². The summed E-state index contributed by atoms with van der Waals surface area (Å²) in [5.41, 5.74) is 4.86. The highest BCUT2D eigenvalue weighted by molar-refractivity contribution is 7.87. The first-order chi connectivity index (χ1) is 2.27. The summed E-state index contributed by atoms with van der Waals surface area (Å²) in [6.07, 6.45) is 0. The van der Waals surface area contributed by atoms with Crippen molar-refractivity contribution in [3.8, 4) is 0 Å². The second kappa shape index (κ2) is 2.23. The molecule has 1 nitrogen and oxygen atoms in total. The lowest BCUT2D eigenvalue weighted by molar-refractivity contribution is 1.89. The maximum atomic E-state index is 4.86. The molecule has 0 aliphatic carbocycles. The van der Waals surface area contributed by atoms with Crippen LogP contribution in [-0.2, 0) is 0 Å². The van der Waals surface area contributed by atoms with Crippen LogP contribution in [0.1, 0.15) is 0 Å². The molecule has 0 aliphatic rings. The van der Waals surface area contributed by atoms with E-state index in [1.54, 1.807) is 0 Å². The molecule has 0 unspecified atom stereocenters. The molecule has 0 aromatic heterocycles. The average Bonchev–Trinajstić information content (AvgIpc) is 1.38. The molecule has 0 aromatic rings. The van der Waals surface area contributed by atoms with Gasteiger partial charge in [0, 0.05) is 5.37 Å². The Morgan fingerprint density at radius 2 is 2.00 bits per heavy atom. The van der Waals surface area contributed by atoms with E-state index < -0.39 is 0 Å². The van der Waals surface area contributed by atoms with Gasteiger partial charge in [-0.3, -0.25) is 0 Å². The van der Waals surface area contributed by atoms with Gasteiger partial charge in [0.1, 0.15) is 4.99 Å². The van der Waals surface area contributed by atoms with Crippen molar-refractivity contribution < 1.29 is 0 Å². The van der Waals surface area contributed by atoms with Gasteiger partial charge in [-0.2, -0.15) is 0 Å². The molecule has 0 radical (unpaired) electrons. The van der Waals surface area contributed by atoms with Crippen molar-refractivity contribution >= 4 is 34.8 Å². The van der Waals surface area contributed by atoms with E-state index in [1.165, 1.54) is 5.37 Å². The van der Waals surface area contributed by atoms with Crippen LogP contribution in [0.4, 0.5) is 0 Å². The molecule has 0 atom stereocenters. The third kappa shape index (κ3) is 3.98. The molecular formula is C2H3NS2. The van der Waals surface area contributed by atoms with E-state index in [4.69, 9.17) is 5.73 Å². The van der Waals surface area contributed by atoms with Crippen molar-refractivity contribution in [2.45, 2.75) is 0 Å². The Morgan fingerprint density at radius 1 is 1.80 bits per heavy atom. The summed E-state index contributed by atoms with van der Waals surface area (Å²) >= 11 is 8.60. The fourth-order valence-corrected chi connectivity index (χ4v) is 0. The number of rotatable bonds is 1. The Morgan fingerprint density at radius 3 is 2.00 bits per heavy atom. The molecule has 5 heavy (non-hydrogen) atoms. The van der Waals surface area contributed by atoms with Crippen LogP contribution in [0, 0.1) is 0 Å². The van der Waals surface area contributed by atoms with Gasteiger partial charge in [0.05, 0.1) is 0 Å². The van der Waals surface area contributed by atoms with E-state index in [2.05, 4.69) is 24.4 Å². The molecule has 0 amide bonds. The first kappa shape index (κ1) is 4.98. The Hall–Kier alpha value is -0.0200. The highest BCUT2D eigenvalue weighted by Gasteiger charge is 1.65. The molecule has 0 spiro atoms. The molecule has 0 rings (SSSR count). The van der Waals surface area contributed by atoms with Crippen molar-refractivity contribution in [2.75, 3.05) is 0 Å². The SMILES string of the molecule is NC(=S)C=S. The lowest BCUT2D eigenvalue weighted by atomic mass is 10.8. The van der Waals surface area contributed by atoms with Crippen LogP contribution in [0.2, 0.25) is 0 Å². The number of hydrogen-bond acceptors (Lipinski definition) is 2. The Labute approximate surface area is 41.2 Å². The summed E-state index contributed by atoms with van der Waals surface area (Å²) in [6, 6.07) is 0. The van der Waals surface area contributed by atoms with Crippen molar-refractivity contribution in [3.05, 3.63) is 0 Å². The number of thiocarbonyl (C=S) groups is 2. The van der Waals surface area contributed by atoms with Crippen LogP contribution in [0.5, 0.6) is 0 Å². The van der Waals surface area contributed by atoms with Crippen LogP contribution < -0.4 is 5.73 Å². The summed E-state index contributed by atoms with van der Waals surface area (Å²) in [6.45, 7) is 0. The van der Waals surface area contributed by atoms with Gasteiger partial charge in [-0.1, -0.05) is 24.4 Å². The smallest absolute Gasteiger partial charge is 0.107 e. The molecule has 0 saturated carbocycles. The van der Waals surface area contributed by atoms with E-state index in [9.17, 15) is 0 Å². The molecule has 2 N–H and O–H groups in total. The lowest BCUT2D eigenvalue weighted by Crippen LogP contribution is -2.05. The highest BCUT2D eigenvalue weighted by atomic mass is 32.1. The molecule has 0 fully saturated rings.